The second-order valence-corrected chi connectivity index (χ2v) is 5.67. The Morgan fingerprint density at radius 1 is 1.17 bits per heavy atom. The minimum absolute atomic E-state index is 0.0519. The molecule has 0 aliphatic carbocycles. The lowest BCUT2D eigenvalue weighted by Gasteiger charge is -2.22. The van der Waals surface area contributed by atoms with Gasteiger partial charge in [-0.3, -0.25) is 4.57 Å². The van der Waals surface area contributed by atoms with Gasteiger partial charge < -0.3 is 4.98 Å². The highest BCUT2D eigenvalue weighted by Crippen LogP contribution is 2.32. The zero-order valence-electron chi connectivity index (χ0n) is 10.8. The molecule has 1 aliphatic heterocycles. The summed E-state index contributed by atoms with van der Waals surface area (Å²) in [5, 5.41) is 0. The fraction of sp³-hybridized carbons (Fsp3) is 0.267. The van der Waals surface area contributed by atoms with Crippen molar-refractivity contribution in [2.24, 2.45) is 0 Å². The molecule has 3 nitrogen and oxygen atoms in total. The molecule has 0 radical (unpaired) electrons. The number of hydrogen-bond donors (Lipinski definition) is 1. The first-order valence-electron chi connectivity index (χ1n) is 6.11. The van der Waals surface area contributed by atoms with E-state index in [0.717, 1.165) is 16.6 Å². The second-order valence-electron chi connectivity index (χ2n) is 5.67. The third-order valence-corrected chi connectivity index (χ3v) is 3.34. The molecule has 2 aromatic rings. The minimum Gasteiger partial charge on any atom is -0.305 e. The quantitative estimate of drug-likeness (QED) is 0.754. The van der Waals surface area contributed by atoms with E-state index in [0.29, 0.717) is 0 Å². The molecule has 0 amide bonds. The number of aromatic amines is 1. The Labute approximate surface area is 105 Å². The van der Waals surface area contributed by atoms with Crippen molar-refractivity contribution in [3.05, 3.63) is 45.9 Å². The highest BCUT2D eigenvalue weighted by molar-refractivity contribution is 5.90. The fourth-order valence-electron chi connectivity index (χ4n) is 2.50. The van der Waals surface area contributed by atoms with E-state index in [1.165, 1.54) is 5.56 Å². The van der Waals surface area contributed by atoms with Crippen molar-refractivity contribution in [3.8, 4) is 0 Å². The molecule has 0 unspecified atom stereocenters. The van der Waals surface area contributed by atoms with Gasteiger partial charge in [0.25, 0.3) is 0 Å². The maximum atomic E-state index is 11.9. The van der Waals surface area contributed by atoms with Crippen molar-refractivity contribution in [1.82, 2.24) is 9.55 Å². The molecule has 0 saturated carbocycles. The molecule has 1 aromatic heterocycles. The first-order chi connectivity index (χ1) is 8.48. The third kappa shape index (κ3) is 1.47. The van der Waals surface area contributed by atoms with Gasteiger partial charge in [-0.15, -0.1) is 0 Å². The monoisotopic (exact) mass is 240 g/mol. The summed E-state index contributed by atoms with van der Waals surface area (Å²) in [6.45, 7) is 6.56. The molecule has 18 heavy (non-hydrogen) atoms. The van der Waals surface area contributed by atoms with E-state index in [4.69, 9.17) is 0 Å². The summed E-state index contributed by atoms with van der Waals surface area (Å²) < 4.78 is 1.68. The fourth-order valence-corrected chi connectivity index (χ4v) is 2.50. The van der Waals surface area contributed by atoms with Crippen LogP contribution in [0.3, 0.4) is 0 Å². The van der Waals surface area contributed by atoms with Gasteiger partial charge in [0.05, 0.1) is 11.0 Å². The highest BCUT2D eigenvalue weighted by atomic mass is 16.1. The van der Waals surface area contributed by atoms with Crippen LogP contribution in [0.4, 0.5) is 0 Å². The van der Waals surface area contributed by atoms with Crippen LogP contribution in [0.5, 0.6) is 0 Å². The molecule has 1 N–H and O–H groups in total. The summed E-state index contributed by atoms with van der Waals surface area (Å²) in [6, 6.07) is 4.10. The van der Waals surface area contributed by atoms with Crippen LogP contribution < -0.4 is 5.69 Å². The number of benzene rings is 1. The minimum atomic E-state index is -0.0859. The van der Waals surface area contributed by atoms with Crippen LogP contribution in [0.25, 0.3) is 23.3 Å². The zero-order valence-corrected chi connectivity index (χ0v) is 10.8. The van der Waals surface area contributed by atoms with Crippen LogP contribution in [0.1, 0.15) is 31.9 Å². The maximum absolute atomic E-state index is 11.9. The van der Waals surface area contributed by atoms with Crippen molar-refractivity contribution in [2.45, 2.75) is 26.2 Å². The molecule has 0 atom stereocenters. The number of imidazole rings is 1. The van der Waals surface area contributed by atoms with E-state index < -0.39 is 0 Å². The Balaban J connectivity index is 2.51. The predicted molar refractivity (Wildman–Crippen MR) is 75.6 cm³/mol. The van der Waals surface area contributed by atoms with Crippen molar-refractivity contribution < 1.29 is 0 Å². The summed E-state index contributed by atoms with van der Waals surface area (Å²) in [4.78, 5) is 14.8. The number of nitrogens with one attached hydrogen (secondary N) is 1. The first-order valence-corrected chi connectivity index (χ1v) is 6.11. The standard InChI is InChI=1S/C15H16N2O/c1-15(2,3)11-7-8-12-13-10(11)6-4-5-9-17(13)14(18)16-12/h4-9H,1-3H3,(H,16,18). The van der Waals surface area contributed by atoms with Crippen molar-refractivity contribution >= 4 is 23.3 Å². The van der Waals surface area contributed by atoms with Crippen LogP contribution in [0.15, 0.2) is 29.1 Å². The van der Waals surface area contributed by atoms with E-state index >= 15 is 0 Å². The highest BCUT2D eigenvalue weighted by Gasteiger charge is 2.21. The molecule has 0 bridgehead atoms. The van der Waals surface area contributed by atoms with Crippen LogP contribution in [-0.4, -0.2) is 9.55 Å². The SMILES string of the molecule is CC(C)(C)c1ccc2[nH]c(=O)n3c2c1C=CC=C3. The first kappa shape index (κ1) is 11.1. The molecule has 92 valence electrons. The number of allylic oxidation sites excluding steroid dienone is 2. The van der Waals surface area contributed by atoms with E-state index in [2.05, 4.69) is 37.9 Å². The molecule has 1 aromatic carbocycles. The lowest BCUT2D eigenvalue weighted by atomic mass is 9.83. The Morgan fingerprint density at radius 2 is 1.94 bits per heavy atom. The normalized spacial score (nSPS) is 14.2. The van der Waals surface area contributed by atoms with E-state index in [-0.39, 0.29) is 11.1 Å². The second kappa shape index (κ2) is 3.48. The summed E-state index contributed by atoms with van der Waals surface area (Å²) in [7, 11) is 0. The Hall–Kier alpha value is -2.03. The number of H-pyrrole nitrogens is 1. The average molecular weight is 240 g/mol. The molecule has 3 rings (SSSR count). The van der Waals surface area contributed by atoms with E-state index in [1.54, 1.807) is 10.8 Å². The van der Waals surface area contributed by atoms with Crippen molar-refractivity contribution in [1.29, 1.82) is 0 Å². The molecular weight excluding hydrogens is 224 g/mol. The predicted octanol–water partition coefficient (Wildman–Crippen LogP) is 3.12. The van der Waals surface area contributed by atoms with Gasteiger partial charge in [0, 0.05) is 11.8 Å². The lowest BCUT2D eigenvalue weighted by Crippen LogP contribution is -2.14. The summed E-state index contributed by atoms with van der Waals surface area (Å²) in [6.07, 6.45) is 7.76. The maximum Gasteiger partial charge on any atom is 0.330 e. The number of aromatic nitrogens is 2. The largest absolute Gasteiger partial charge is 0.330 e. The number of nitrogens with zero attached hydrogens (tertiary/aromatic N) is 1. The molecule has 3 heteroatoms. The Bertz CT molecular complexity index is 736. The molecule has 2 heterocycles. The van der Waals surface area contributed by atoms with Gasteiger partial charge in [-0.2, -0.15) is 0 Å². The smallest absolute Gasteiger partial charge is 0.305 e. The van der Waals surface area contributed by atoms with Crippen LogP contribution in [-0.2, 0) is 5.41 Å². The van der Waals surface area contributed by atoms with Gasteiger partial charge >= 0.3 is 5.69 Å². The molecule has 0 spiro atoms. The summed E-state index contributed by atoms with van der Waals surface area (Å²) >= 11 is 0. The number of hydrogen-bond acceptors (Lipinski definition) is 1. The van der Waals surface area contributed by atoms with Crippen LogP contribution in [0.2, 0.25) is 0 Å². The Morgan fingerprint density at radius 3 is 2.67 bits per heavy atom. The van der Waals surface area contributed by atoms with Crippen molar-refractivity contribution in [3.63, 3.8) is 0 Å². The lowest BCUT2D eigenvalue weighted by molar-refractivity contribution is 0.590. The number of rotatable bonds is 0. The van der Waals surface area contributed by atoms with Gasteiger partial charge in [-0.1, -0.05) is 39.0 Å². The molecule has 0 fully saturated rings. The summed E-state index contributed by atoms with van der Waals surface area (Å²) in [5.74, 6) is 0. The molecule has 1 aliphatic rings. The van der Waals surface area contributed by atoms with Gasteiger partial charge in [0.15, 0.2) is 0 Å². The zero-order chi connectivity index (χ0) is 12.9. The van der Waals surface area contributed by atoms with Gasteiger partial charge in [0.1, 0.15) is 0 Å². The van der Waals surface area contributed by atoms with Gasteiger partial charge in [-0.25, -0.2) is 4.79 Å². The molecule has 0 saturated heterocycles. The Kier molecular flexibility index (Phi) is 2.14. The topological polar surface area (TPSA) is 37.8 Å². The average Bonchev–Trinajstić information content (AvgIpc) is 2.46. The third-order valence-electron chi connectivity index (χ3n) is 3.34. The van der Waals surface area contributed by atoms with Gasteiger partial charge in [-0.05, 0) is 23.1 Å². The molecular formula is C15H16N2O. The van der Waals surface area contributed by atoms with Crippen molar-refractivity contribution in [2.75, 3.05) is 0 Å². The van der Waals surface area contributed by atoms with Crippen LogP contribution in [0, 0.1) is 0 Å². The van der Waals surface area contributed by atoms with Crippen LogP contribution >= 0.6 is 0 Å². The van der Waals surface area contributed by atoms with E-state index in [1.807, 2.05) is 18.2 Å². The summed E-state index contributed by atoms with van der Waals surface area (Å²) in [5.41, 5.74) is 4.20. The van der Waals surface area contributed by atoms with Gasteiger partial charge in [0.2, 0.25) is 0 Å². The van der Waals surface area contributed by atoms with E-state index in [9.17, 15) is 4.79 Å².